The lowest BCUT2D eigenvalue weighted by atomic mass is 9.90. The van der Waals surface area contributed by atoms with Crippen molar-refractivity contribution in [2.75, 3.05) is 13.2 Å². The van der Waals surface area contributed by atoms with Crippen LogP contribution in [-0.4, -0.2) is 23.3 Å². The zero-order chi connectivity index (χ0) is 13.0. The molecule has 2 heterocycles. The lowest BCUT2D eigenvalue weighted by Crippen LogP contribution is -2.31. The van der Waals surface area contributed by atoms with E-state index in [2.05, 4.69) is 22.4 Å². The third kappa shape index (κ3) is 3.09. The van der Waals surface area contributed by atoms with E-state index in [1.165, 1.54) is 12.8 Å². The molecule has 1 aromatic rings. The van der Waals surface area contributed by atoms with E-state index in [1.54, 1.807) is 0 Å². The van der Waals surface area contributed by atoms with Gasteiger partial charge in [-0.15, -0.1) is 0 Å². The Morgan fingerprint density at radius 1 is 1.50 bits per heavy atom. The van der Waals surface area contributed by atoms with Gasteiger partial charge < -0.3 is 14.6 Å². The highest BCUT2D eigenvalue weighted by Crippen LogP contribution is 2.28. The monoisotopic (exact) mass is 253 g/mol. The standard InChI is InChI=1S/C13H23N3O2/c1-4-10-6-7-14-11(8-10)13-15-12(16-18-13)9(3)17-5-2/h9-11,14H,4-8H2,1-3H3. The largest absolute Gasteiger partial charge is 0.371 e. The summed E-state index contributed by atoms with van der Waals surface area (Å²) in [6.45, 7) is 7.84. The highest BCUT2D eigenvalue weighted by molar-refractivity contribution is 4.97. The first-order chi connectivity index (χ1) is 8.74. The van der Waals surface area contributed by atoms with Crippen molar-refractivity contribution in [3.8, 4) is 0 Å². The van der Waals surface area contributed by atoms with Crippen LogP contribution in [0.3, 0.4) is 0 Å². The molecule has 1 fully saturated rings. The van der Waals surface area contributed by atoms with E-state index < -0.39 is 0 Å². The number of ether oxygens (including phenoxy) is 1. The molecular formula is C13H23N3O2. The Morgan fingerprint density at radius 2 is 2.33 bits per heavy atom. The average Bonchev–Trinajstić information content (AvgIpc) is 2.89. The van der Waals surface area contributed by atoms with E-state index in [0.29, 0.717) is 18.3 Å². The van der Waals surface area contributed by atoms with Crippen LogP contribution >= 0.6 is 0 Å². The van der Waals surface area contributed by atoms with Crippen molar-refractivity contribution in [2.45, 2.75) is 52.2 Å². The van der Waals surface area contributed by atoms with Gasteiger partial charge in [0.25, 0.3) is 0 Å². The number of nitrogens with one attached hydrogen (secondary N) is 1. The Kier molecular flexibility index (Phi) is 4.72. The molecule has 1 aromatic heterocycles. The topological polar surface area (TPSA) is 60.2 Å². The summed E-state index contributed by atoms with van der Waals surface area (Å²) in [6.07, 6.45) is 3.44. The van der Waals surface area contributed by atoms with Gasteiger partial charge >= 0.3 is 0 Å². The molecule has 0 radical (unpaired) electrons. The molecule has 1 aliphatic rings. The molecule has 0 bridgehead atoms. The van der Waals surface area contributed by atoms with E-state index in [9.17, 15) is 0 Å². The molecule has 18 heavy (non-hydrogen) atoms. The molecule has 0 aliphatic carbocycles. The number of hydrogen-bond donors (Lipinski definition) is 1. The minimum absolute atomic E-state index is 0.0990. The summed E-state index contributed by atoms with van der Waals surface area (Å²) in [4.78, 5) is 4.46. The van der Waals surface area contributed by atoms with Crippen molar-refractivity contribution in [3.63, 3.8) is 0 Å². The van der Waals surface area contributed by atoms with Crippen LogP contribution in [0.25, 0.3) is 0 Å². The molecule has 3 atom stereocenters. The van der Waals surface area contributed by atoms with Crippen LogP contribution < -0.4 is 5.32 Å². The predicted octanol–water partition coefficient (Wildman–Crippen LogP) is 2.62. The van der Waals surface area contributed by atoms with Crippen LogP contribution in [0, 0.1) is 5.92 Å². The molecular weight excluding hydrogens is 230 g/mol. The van der Waals surface area contributed by atoms with Gasteiger partial charge in [-0.05, 0) is 39.2 Å². The Morgan fingerprint density at radius 3 is 3.06 bits per heavy atom. The third-order valence-electron chi connectivity index (χ3n) is 3.63. The van der Waals surface area contributed by atoms with Crippen LogP contribution in [0.1, 0.15) is 63.9 Å². The smallest absolute Gasteiger partial charge is 0.243 e. The van der Waals surface area contributed by atoms with Crippen LogP contribution in [0.2, 0.25) is 0 Å². The van der Waals surface area contributed by atoms with Crippen molar-refractivity contribution >= 4 is 0 Å². The molecule has 1 saturated heterocycles. The molecule has 102 valence electrons. The molecule has 0 amide bonds. The molecule has 5 heteroatoms. The summed E-state index contributed by atoms with van der Waals surface area (Å²) >= 11 is 0. The van der Waals surface area contributed by atoms with E-state index >= 15 is 0 Å². The summed E-state index contributed by atoms with van der Waals surface area (Å²) < 4.78 is 10.8. The average molecular weight is 253 g/mol. The Bertz CT molecular complexity index is 367. The van der Waals surface area contributed by atoms with Gasteiger partial charge in [-0.1, -0.05) is 18.5 Å². The molecule has 2 rings (SSSR count). The Balaban J connectivity index is 2.00. The maximum atomic E-state index is 5.47. The summed E-state index contributed by atoms with van der Waals surface area (Å²) in [5.41, 5.74) is 0. The van der Waals surface area contributed by atoms with Gasteiger partial charge in [0.15, 0.2) is 5.82 Å². The highest BCUT2D eigenvalue weighted by atomic mass is 16.5. The summed E-state index contributed by atoms with van der Waals surface area (Å²) in [6, 6.07) is 0.207. The first kappa shape index (κ1) is 13.5. The second kappa shape index (κ2) is 6.29. The predicted molar refractivity (Wildman–Crippen MR) is 68.1 cm³/mol. The van der Waals surface area contributed by atoms with Crippen molar-refractivity contribution in [2.24, 2.45) is 5.92 Å². The SMILES string of the molecule is CCOC(C)c1noc(C2CC(CC)CCN2)n1. The van der Waals surface area contributed by atoms with Crippen molar-refractivity contribution in [1.82, 2.24) is 15.5 Å². The number of piperidine rings is 1. The van der Waals surface area contributed by atoms with Crippen LogP contribution in [0.5, 0.6) is 0 Å². The second-order valence-corrected chi connectivity index (χ2v) is 4.89. The fraction of sp³-hybridized carbons (Fsp3) is 0.846. The lowest BCUT2D eigenvalue weighted by molar-refractivity contribution is 0.0683. The Hall–Kier alpha value is -0.940. The number of hydrogen-bond acceptors (Lipinski definition) is 5. The van der Waals surface area contributed by atoms with Gasteiger partial charge in [-0.25, -0.2) is 0 Å². The Labute approximate surface area is 108 Å². The maximum absolute atomic E-state index is 5.47. The van der Waals surface area contributed by atoms with Gasteiger partial charge in [0.05, 0.1) is 6.04 Å². The first-order valence-corrected chi connectivity index (χ1v) is 6.93. The van der Waals surface area contributed by atoms with E-state index in [1.807, 2.05) is 13.8 Å². The van der Waals surface area contributed by atoms with Gasteiger partial charge in [-0.3, -0.25) is 0 Å². The molecule has 3 unspecified atom stereocenters. The van der Waals surface area contributed by atoms with Crippen LogP contribution in [-0.2, 0) is 4.74 Å². The van der Waals surface area contributed by atoms with E-state index in [-0.39, 0.29) is 12.1 Å². The number of rotatable bonds is 5. The van der Waals surface area contributed by atoms with Crippen LogP contribution in [0.4, 0.5) is 0 Å². The molecule has 0 spiro atoms. The fourth-order valence-corrected chi connectivity index (χ4v) is 2.43. The fourth-order valence-electron chi connectivity index (χ4n) is 2.43. The van der Waals surface area contributed by atoms with Crippen molar-refractivity contribution in [3.05, 3.63) is 11.7 Å². The van der Waals surface area contributed by atoms with Gasteiger partial charge in [0.2, 0.25) is 5.89 Å². The molecule has 0 aromatic carbocycles. The van der Waals surface area contributed by atoms with Gasteiger partial charge in [-0.2, -0.15) is 4.98 Å². The molecule has 0 saturated carbocycles. The van der Waals surface area contributed by atoms with Gasteiger partial charge in [0.1, 0.15) is 6.10 Å². The first-order valence-electron chi connectivity index (χ1n) is 6.93. The third-order valence-corrected chi connectivity index (χ3v) is 3.63. The number of aromatic nitrogens is 2. The lowest BCUT2D eigenvalue weighted by Gasteiger charge is -2.27. The van der Waals surface area contributed by atoms with Crippen molar-refractivity contribution < 1.29 is 9.26 Å². The minimum atomic E-state index is -0.0990. The summed E-state index contributed by atoms with van der Waals surface area (Å²) in [5, 5.41) is 7.46. The summed E-state index contributed by atoms with van der Waals surface area (Å²) in [5.74, 6) is 2.11. The minimum Gasteiger partial charge on any atom is -0.371 e. The molecule has 1 aliphatic heterocycles. The van der Waals surface area contributed by atoms with E-state index in [4.69, 9.17) is 9.26 Å². The molecule has 1 N–H and O–H groups in total. The van der Waals surface area contributed by atoms with E-state index in [0.717, 1.165) is 18.9 Å². The van der Waals surface area contributed by atoms with Crippen molar-refractivity contribution in [1.29, 1.82) is 0 Å². The highest BCUT2D eigenvalue weighted by Gasteiger charge is 2.26. The van der Waals surface area contributed by atoms with Crippen LogP contribution in [0.15, 0.2) is 4.52 Å². The second-order valence-electron chi connectivity index (χ2n) is 4.89. The summed E-state index contributed by atoms with van der Waals surface area (Å²) in [7, 11) is 0. The molecule has 5 nitrogen and oxygen atoms in total. The zero-order valence-electron chi connectivity index (χ0n) is 11.5. The maximum Gasteiger partial charge on any atom is 0.243 e. The zero-order valence-corrected chi connectivity index (χ0v) is 11.5. The van der Waals surface area contributed by atoms with Gasteiger partial charge in [0, 0.05) is 6.61 Å². The quantitative estimate of drug-likeness (QED) is 0.874. The normalized spacial score (nSPS) is 26.2. The number of nitrogens with zero attached hydrogens (tertiary/aromatic N) is 2.